The van der Waals surface area contributed by atoms with Crippen molar-refractivity contribution < 1.29 is 9.18 Å². The summed E-state index contributed by atoms with van der Waals surface area (Å²) < 4.78 is 14.9. The monoisotopic (exact) mass is 292 g/mol. The number of Topliss-reactive ketones (excluding diaryl/α,β-unsaturated/α-hetero) is 1. The van der Waals surface area contributed by atoms with Gasteiger partial charge in [-0.1, -0.05) is 12.8 Å². The highest BCUT2D eigenvalue weighted by Gasteiger charge is 2.44. The Labute approximate surface area is 123 Å². The van der Waals surface area contributed by atoms with Gasteiger partial charge in [0.2, 0.25) is 0 Å². The summed E-state index contributed by atoms with van der Waals surface area (Å²) in [5, 5.41) is 0. The second kappa shape index (κ2) is 5.37. The Bertz CT molecular complexity index is 609. The zero-order chi connectivity index (χ0) is 15.0. The summed E-state index contributed by atoms with van der Waals surface area (Å²) in [6.07, 6.45) is 5.25. The molecule has 0 N–H and O–H groups in total. The standard InChI is InChI=1S/C16H21FN2O2/c1-12(20)13-4-5-14(17)19(15(13)21)9-8-18-10-16(11-18)6-2-3-7-16/h4-5H,2-3,6-11H2,1H3. The number of rotatable bonds is 4. The van der Waals surface area contributed by atoms with Gasteiger partial charge in [-0.3, -0.25) is 14.2 Å². The third-order valence-electron chi connectivity index (χ3n) is 4.92. The van der Waals surface area contributed by atoms with E-state index in [0.717, 1.165) is 17.7 Å². The average molecular weight is 292 g/mol. The average Bonchev–Trinajstić information content (AvgIpc) is 2.86. The molecule has 114 valence electrons. The van der Waals surface area contributed by atoms with Crippen molar-refractivity contribution >= 4 is 5.78 Å². The van der Waals surface area contributed by atoms with Crippen molar-refractivity contribution in [1.29, 1.82) is 0 Å². The SMILES string of the molecule is CC(=O)c1ccc(F)n(CCN2CC3(CCCC3)C2)c1=O. The molecule has 2 heterocycles. The molecule has 2 fully saturated rings. The predicted molar refractivity (Wildman–Crippen MR) is 78.0 cm³/mol. The van der Waals surface area contributed by atoms with Crippen molar-refractivity contribution in [2.75, 3.05) is 19.6 Å². The molecule has 0 aromatic carbocycles. The third-order valence-corrected chi connectivity index (χ3v) is 4.92. The minimum atomic E-state index is -0.568. The van der Waals surface area contributed by atoms with Crippen molar-refractivity contribution in [3.05, 3.63) is 34.0 Å². The van der Waals surface area contributed by atoms with Crippen LogP contribution in [0.3, 0.4) is 0 Å². The van der Waals surface area contributed by atoms with Crippen LogP contribution >= 0.6 is 0 Å². The van der Waals surface area contributed by atoms with E-state index in [0.29, 0.717) is 18.5 Å². The summed E-state index contributed by atoms with van der Waals surface area (Å²) in [4.78, 5) is 25.7. The Hall–Kier alpha value is -1.49. The summed E-state index contributed by atoms with van der Waals surface area (Å²) in [5.41, 5.74) is 0.0518. The van der Waals surface area contributed by atoms with E-state index in [2.05, 4.69) is 4.90 Å². The molecule has 2 aliphatic rings. The summed E-state index contributed by atoms with van der Waals surface area (Å²) in [6, 6.07) is 2.47. The van der Waals surface area contributed by atoms with Gasteiger partial charge in [0.05, 0.1) is 5.56 Å². The molecule has 21 heavy (non-hydrogen) atoms. The van der Waals surface area contributed by atoms with Crippen molar-refractivity contribution in [3.8, 4) is 0 Å². The third kappa shape index (κ3) is 2.67. The number of nitrogens with zero attached hydrogens (tertiary/aromatic N) is 2. The predicted octanol–water partition coefficient (Wildman–Crippen LogP) is 2.07. The van der Waals surface area contributed by atoms with Gasteiger partial charge in [0.1, 0.15) is 0 Å². The number of ketones is 1. The normalized spacial score (nSPS) is 20.7. The van der Waals surface area contributed by atoms with E-state index in [-0.39, 0.29) is 11.3 Å². The number of halogens is 1. The fourth-order valence-corrected chi connectivity index (χ4v) is 3.78. The van der Waals surface area contributed by atoms with Gasteiger partial charge in [-0.15, -0.1) is 0 Å². The maximum absolute atomic E-state index is 13.8. The van der Waals surface area contributed by atoms with Crippen LogP contribution in [0.4, 0.5) is 4.39 Å². The van der Waals surface area contributed by atoms with Gasteiger partial charge >= 0.3 is 0 Å². The van der Waals surface area contributed by atoms with Crippen LogP contribution in [-0.4, -0.2) is 34.9 Å². The van der Waals surface area contributed by atoms with Gasteiger partial charge in [0.25, 0.3) is 5.56 Å². The van der Waals surface area contributed by atoms with Crippen LogP contribution in [0.25, 0.3) is 0 Å². The number of hydrogen-bond donors (Lipinski definition) is 0. The summed E-state index contributed by atoms with van der Waals surface area (Å²) in [7, 11) is 0. The molecule has 1 aromatic rings. The van der Waals surface area contributed by atoms with E-state index < -0.39 is 11.5 Å². The van der Waals surface area contributed by atoms with Gasteiger partial charge in [-0.2, -0.15) is 4.39 Å². The van der Waals surface area contributed by atoms with Crippen LogP contribution in [0.2, 0.25) is 0 Å². The molecule has 1 saturated carbocycles. The molecule has 0 radical (unpaired) electrons. The van der Waals surface area contributed by atoms with Gasteiger partial charge in [0, 0.05) is 26.2 Å². The summed E-state index contributed by atoms with van der Waals surface area (Å²) in [6.45, 7) is 4.44. The molecule has 1 saturated heterocycles. The fraction of sp³-hybridized carbons (Fsp3) is 0.625. The highest BCUT2D eigenvalue weighted by Crippen LogP contribution is 2.45. The van der Waals surface area contributed by atoms with Gasteiger partial charge in [-0.05, 0) is 37.3 Å². The van der Waals surface area contributed by atoms with Crippen LogP contribution in [0.1, 0.15) is 43.0 Å². The number of hydrogen-bond acceptors (Lipinski definition) is 3. The first-order valence-corrected chi connectivity index (χ1v) is 7.63. The van der Waals surface area contributed by atoms with E-state index in [4.69, 9.17) is 0 Å². The Kier molecular flexibility index (Phi) is 3.69. The lowest BCUT2D eigenvalue weighted by atomic mass is 9.78. The molecular weight excluding hydrogens is 271 g/mol. The Balaban J connectivity index is 1.65. The Morgan fingerprint density at radius 3 is 2.52 bits per heavy atom. The minimum Gasteiger partial charge on any atom is -0.300 e. The molecule has 1 aromatic heterocycles. The summed E-state index contributed by atoms with van der Waals surface area (Å²) >= 11 is 0. The van der Waals surface area contributed by atoms with Crippen molar-refractivity contribution in [3.63, 3.8) is 0 Å². The lowest BCUT2D eigenvalue weighted by Gasteiger charge is -2.48. The number of likely N-dealkylation sites (tertiary alicyclic amines) is 1. The van der Waals surface area contributed by atoms with Crippen molar-refractivity contribution in [1.82, 2.24) is 9.47 Å². The fourth-order valence-electron chi connectivity index (χ4n) is 3.78. The zero-order valence-corrected chi connectivity index (χ0v) is 12.4. The minimum absolute atomic E-state index is 0.0623. The molecule has 0 amide bonds. The van der Waals surface area contributed by atoms with Gasteiger partial charge < -0.3 is 4.90 Å². The molecular formula is C16H21FN2O2. The van der Waals surface area contributed by atoms with Crippen LogP contribution in [0, 0.1) is 11.4 Å². The second-order valence-electron chi connectivity index (χ2n) is 6.50. The van der Waals surface area contributed by atoms with Crippen LogP contribution in [-0.2, 0) is 6.54 Å². The quantitative estimate of drug-likeness (QED) is 0.630. The molecule has 3 rings (SSSR count). The maximum Gasteiger partial charge on any atom is 0.263 e. The van der Waals surface area contributed by atoms with E-state index in [1.807, 2.05) is 0 Å². The number of aromatic nitrogens is 1. The highest BCUT2D eigenvalue weighted by atomic mass is 19.1. The topological polar surface area (TPSA) is 42.3 Å². The first-order chi connectivity index (χ1) is 10.0. The maximum atomic E-state index is 13.8. The number of pyridine rings is 1. The van der Waals surface area contributed by atoms with Gasteiger partial charge in [0.15, 0.2) is 11.7 Å². The molecule has 1 aliphatic carbocycles. The van der Waals surface area contributed by atoms with E-state index >= 15 is 0 Å². The molecule has 0 atom stereocenters. The number of carbonyl (C=O) groups excluding carboxylic acids is 1. The molecule has 0 bridgehead atoms. The van der Waals surface area contributed by atoms with E-state index in [1.54, 1.807) is 0 Å². The van der Waals surface area contributed by atoms with Crippen molar-refractivity contribution in [2.45, 2.75) is 39.2 Å². The smallest absolute Gasteiger partial charge is 0.263 e. The number of carbonyl (C=O) groups is 1. The highest BCUT2D eigenvalue weighted by molar-refractivity contribution is 5.93. The van der Waals surface area contributed by atoms with E-state index in [9.17, 15) is 14.0 Å². The lowest BCUT2D eigenvalue weighted by molar-refractivity contribution is 0.00328. The van der Waals surface area contributed by atoms with Crippen molar-refractivity contribution in [2.24, 2.45) is 5.41 Å². The first kappa shape index (κ1) is 14.4. The lowest BCUT2D eigenvalue weighted by Crippen LogP contribution is -2.55. The van der Waals surface area contributed by atoms with Gasteiger partial charge in [-0.25, -0.2) is 0 Å². The first-order valence-electron chi connectivity index (χ1n) is 7.63. The molecule has 1 spiro atoms. The largest absolute Gasteiger partial charge is 0.300 e. The molecule has 1 aliphatic heterocycles. The van der Waals surface area contributed by atoms with Crippen LogP contribution in [0.15, 0.2) is 16.9 Å². The molecule has 5 heteroatoms. The van der Waals surface area contributed by atoms with Crippen LogP contribution in [0.5, 0.6) is 0 Å². The zero-order valence-electron chi connectivity index (χ0n) is 12.4. The molecule has 4 nitrogen and oxygen atoms in total. The summed E-state index contributed by atoms with van der Waals surface area (Å²) in [5.74, 6) is -0.885. The van der Waals surface area contributed by atoms with E-state index in [1.165, 1.54) is 44.7 Å². The molecule has 0 unspecified atom stereocenters. The Morgan fingerprint density at radius 2 is 1.90 bits per heavy atom. The Morgan fingerprint density at radius 1 is 1.24 bits per heavy atom. The second-order valence-corrected chi connectivity index (χ2v) is 6.50. The van der Waals surface area contributed by atoms with Crippen LogP contribution < -0.4 is 5.56 Å².